The molecule has 22 heavy (non-hydrogen) atoms. The van der Waals surface area contributed by atoms with Gasteiger partial charge in [-0.3, -0.25) is 9.59 Å². The van der Waals surface area contributed by atoms with Crippen LogP contribution in [0.4, 0.5) is 0 Å². The SMILES string of the molecule is CCCC(CC)CCC(=O)O.CCCCC(CC)CC(=O)O. The van der Waals surface area contributed by atoms with E-state index in [1.807, 2.05) is 0 Å². The zero-order chi connectivity index (χ0) is 17.4. The summed E-state index contributed by atoms with van der Waals surface area (Å²) in [5, 5.41) is 16.9. The molecule has 4 nitrogen and oxygen atoms in total. The fourth-order valence-corrected chi connectivity index (χ4v) is 2.48. The first-order chi connectivity index (χ1) is 10.4. The molecule has 0 saturated heterocycles. The Hall–Kier alpha value is -1.06. The average Bonchev–Trinajstić information content (AvgIpc) is 2.47. The van der Waals surface area contributed by atoms with E-state index < -0.39 is 11.9 Å². The fraction of sp³-hybridized carbons (Fsp3) is 0.889. The van der Waals surface area contributed by atoms with Crippen molar-refractivity contribution in [2.24, 2.45) is 11.8 Å². The minimum absolute atomic E-state index is 0.332. The number of unbranched alkanes of at least 4 members (excludes halogenated alkanes) is 1. The van der Waals surface area contributed by atoms with Gasteiger partial charge in [0.25, 0.3) is 0 Å². The molecule has 0 aromatic heterocycles. The average molecular weight is 316 g/mol. The van der Waals surface area contributed by atoms with E-state index in [2.05, 4.69) is 27.7 Å². The molecule has 0 aromatic carbocycles. The molecule has 0 rings (SSSR count). The Kier molecular flexibility index (Phi) is 17.2. The van der Waals surface area contributed by atoms with Crippen molar-refractivity contribution in [1.29, 1.82) is 0 Å². The van der Waals surface area contributed by atoms with Crippen molar-refractivity contribution in [2.45, 2.75) is 91.9 Å². The van der Waals surface area contributed by atoms with E-state index in [0.717, 1.165) is 44.9 Å². The Morgan fingerprint density at radius 1 is 0.773 bits per heavy atom. The lowest BCUT2D eigenvalue weighted by Crippen LogP contribution is -2.06. The zero-order valence-corrected chi connectivity index (χ0v) is 14.9. The highest BCUT2D eigenvalue weighted by Crippen LogP contribution is 2.17. The summed E-state index contributed by atoms with van der Waals surface area (Å²) in [4.78, 5) is 20.6. The standard InChI is InChI=1S/2C9H18O2/c1-3-5-8(4-2)6-7-9(10)11;1-3-5-6-8(4-2)7-9(10)11/h2*8H,3-7H2,1-2H3,(H,10,11). The summed E-state index contributed by atoms with van der Waals surface area (Å²) < 4.78 is 0. The molecule has 0 aliphatic carbocycles. The summed E-state index contributed by atoms with van der Waals surface area (Å²) in [5.74, 6) is -0.309. The van der Waals surface area contributed by atoms with Gasteiger partial charge in [0.1, 0.15) is 0 Å². The number of aliphatic carboxylic acids is 2. The third kappa shape index (κ3) is 17.0. The van der Waals surface area contributed by atoms with E-state index in [1.54, 1.807) is 0 Å². The van der Waals surface area contributed by atoms with Gasteiger partial charge in [-0.25, -0.2) is 0 Å². The van der Waals surface area contributed by atoms with E-state index in [-0.39, 0.29) is 0 Å². The van der Waals surface area contributed by atoms with Crippen LogP contribution in [0.25, 0.3) is 0 Å². The molecule has 0 radical (unpaired) electrons. The second kappa shape index (κ2) is 16.3. The smallest absolute Gasteiger partial charge is 0.303 e. The van der Waals surface area contributed by atoms with Gasteiger partial charge in [0, 0.05) is 12.8 Å². The van der Waals surface area contributed by atoms with Gasteiger partial charge in [-0.2, -0.15) is 0 Å². The Morgan fingerprint density at radius 2 is 1.36 bits per heavy atom. The van der Waals surface area contributed by atoms with E-state index in [0.29, 0.717) is 24.7 Å². The number of carboxylic acid groups (broad SMARTS) is 2. The number of carboxylic acids is 2. The predicted molar refractivity (Wildman–Crippen MR) is 91.1 cm³/mol. The molecule has 2 unspecified atom stereocenters. The van der Waals surface area contributed by atoms with E-state index in [4.69, 9.17) is 10.2 Å². The molecule has 132 valence electrons. The van der Waals surface area contributed by atoms with Crippen LogP contribution in [0.3, 0.4) is 0 Å². The van der Waals surface area contributed by atoms with Gasteiger partial charge in [0.15, 0.2) is 0 Å². The van der Waals surface area contributed by atoms with Crippen LogP contribution in [0.15, 0.2) is 0 Å². The summed E-state index contributed by atoms with van der Waals surface area (Å²) in [5.41, 5.74) is 0. The Morgan fingerprint density at radius 3 is 1.73 bits per heavy atom. The topological polar surface area (TPSA) is 74.6 Å². The van der Waals surface area contributed by atoms with E-state index in [1.165, 1.54) is 6.42 Å². The van der Waals surface area contributed by atoms with Crippen molar-refractivity contribution in [3.63, 3.8) is 0 Å². The molecule has 2 atom stereocenters. The van der Waals surface area contributed by atoms with E-state index in [9.17, 15) is 9.59 Å². The second-order valence-corrected chi connectivity index (χ2v) is 6.01. The van der Waals surface area contributed by atoms with Crippen LogP contribution in [0.1, 0.15) is 91.9 Å². The van der Waals surface area contributed by atoms with Crippen LogP contribution in [0.5, 0.6) is 0 Å². The summed E-state index contributed by atoms with van der Waals surface area (Å²) in [6.07, 6.45) is 9.35. The number of hydrogen-bond acceptors (Lipinski definition) is 2. The summed E-state index contributed by atoms with van der Waals surface area (Å²) in [7, 11) is 0. The lowest BCUT2D eigenvalue weighted by molar-refractivity contribution is -0.138. The molecule has 0 heterocycles. The van der Waals surface area contributed by atoms with Crippen molar-refractivity contribution < 1.29 is 19.8 Å². The Balaban J connectivity index is 0. The lowest BCUT2D eigenvalue weighted by atomic mass is 9.95. The van der Waals surface area contributed by atoms with Crippen LogP contribution in [-0.2, 0) is 9.59 Å². The lowest BCUT2D eigenvalue weighted by Gasteiger charge is -2.10. The largest absolute Gasteiger partial charge is 0.481 e. The van der Waals surface area contributed by atoms with Crippen molar-refractivity contribution in [2.75, 3.05) is 0 Å². The van der Waals surface area contributed by atoms with Crippen LogP contribution in [-0.4, -0.2) is 22.2 Å². The summed E-state index contributed by atoms with van der Waals surface area (Å²) >= 11 is 0. The zero-order valence-electron chi connectivity index (χ0n) is 14.9. The first-order valence-corrected chi connectivity index (χ1v) is 8.84. The molecule has 2 N–H and O–H groups in total. The van der Waals surface area contributed by atoms with Crippen LogP contribution < -0.4 is 0 Å². The molecule has 0 fully saturated rings. The van der Waals surface area contributed by atoms with Gasteiger partial charge in [-0.15, -0.1) is 0 Å². The first kappa shape index (κ1) is 23.2. The molecule has 0 saturated carbocycles. The quantitative estimate of drug-likeness (QED) is 0.508. The molecule has 0 amide bonds. The maximum absolute atomic E-state index is 10.3. The highest BCUT2D eigenvalue weighted by molar-refractivity contribution is 5.67. The number of hydrogen-bond donors (Lipinski definition) is 2. The molecule has 0 bridgehead atoms. The molecular weight excluding hydrogens is 280 g/mol. The van der Waals surface area contributed by atoms with Crippen LogP contribution in [0.2, 0.25) is 0 Å². The van der Waals surface area contributed by atoms with Crippen molar-refractivity contribution in [1.82, 2.24) is 0 Å². The van der Waals surface area contributed by atoms with Crippen LogP contribution >= 0.6 is 0 Å². The summed E-state index contributed by atoms with van der Waals surface area (Å²) in [6.45, 7) is 8.46. The molecule has 0 aliphatic heterocycles. The highest BCUT2D eigenvalue weighted by atomic mass is 16.4. The number of carbonyl (C=O) groups is 2. The predicted octanol–water partition coefficient (Wildman–Crippen LogP) is 5.36. The molecule has 0 aliphatic rings. The minimum Gasteiger partial charge on any atom is -0.481 e. The third-order valence-corrected chi connectivity index (χ3v) is 4.05. The minimum atomic E-state index is -0.667. The Bertz CT molecular complexity index is 276. The van der Waals surface area contributed by atoms with Crippen LogP contribution in [0, 0.1) is 11.8 Å². The Labute approximate surface area is 136 Å². The monoisotopic (exact) mass is 316 g/mol. The number of rotatable bonds is 12. The van der Waals surface area contributed by atoms with Crippen molar-refractivity contribution >= 4 is 11.9 Å². The van der Waals surface area contributed by atoms with Gasteiger partial charge < -0.3 is 10.2 Å². The maximum Gasteiger partial charge on any atom is 0.303 e. The van der Waals surface area contributed by atoms with Gasteiger partial charge in [-0.1, -0.05) is 66.2 Å². The summed E-state index contributed by atoms with van der Waals surface area (Å²) in [6, 6.07) is 0. The molecular formula is C18H36O4. The molecule has 0 spiro atoms. The fourth-order valence-electron chi connectivity index (χ4n) is 2.48. The van der Waals surface area contributed by atoms with Crippen molar-refractivity contribution in [3.05, 3.63) is 0 Å². The van der Waals surface area contributed by atoms with E-state index >= 15 is 0 Å². The molecule has 4 heteroatoms. The van der Waals surface area contributed by atoms with Crippen molar-refractivity contribution in [3.8, 4) is 0 Å². The molecule has 0 aromatic rings. The maximum atomic E-state index is 10.3. The second-order valence-electron chi connectivity index (χ2n) is 6.01. The highest BCUT2D eigenvalue weighted by Gasteiger charge is 2.09. The third-order valence-electron chi connectivity index (χ3n) is 4.05. The first-order valence-electron chi connectivity index (χ1n) is 8.84. The van der Waals surface area contributed by atoms with Gasteiger partial charge >= 0.3 is 11.9 Å². The van der Waals surface area contributed by atoms with Gasteiger partial charge in [0.2, 0.25) is 0 Å². The van der Waals surface area contributed by atoms with Gasteiger partial charge in [-0.05, 0) is 24.7 Å². The normalized spacial score (nSPS) is 12.9. The van der Waals surface area contributed by atoms with Gasteiger partial charge in [0.05, 0.1) is 0 Å².